The van der Waals surface area contributed by atoms with Gasteiger partial charge in [0.05, 0.1) is 6.54 Å². The minimum atomic E-state index is -0.624. The lowest BCUT2D eigenvalue weighted by Gasteiger charge is -2.16. The molecule has 1 heterocycles. The second kappa shape index (κ2) is 3.65. The van der Waals surface area contributed by atoms with E-state index in [0.717, 1.165) is 16.9 Å². The number of ether oxygens (including phenoxy) is 2. The average Bonchev–Trinajstić information content (AvgIpc) is 2.47. The summed E-state index contributed by atoms with van der Waals surface area (Å²) in [7, 11) is 0. The third kappa shape index (κ3) is 1.92. The maximum Gasteiger partial charge on any atom is 0.246 e. The van der Waals surface area contributed by atoms with Gasteiger partial charge in [-0.05, 0) is 30.2 Å². The zero-order valence-corrected chi connectivity index (χ0v) is 9.53. The van der Waals surface area contributed by atoms with Gasteiger partial charge in [-0.3, -0.25) is 0 Å². The molecule has 0 aliphatic carbocycles. The molecule has 0 unspecified atom stereocenters. The molecule has 1 aliphatic rings. The zero-order chi connectivity index (χ0) is 11.8. The highest BCUT2D eigenvalue weighted by molar-refractivity contribution is 5.49. The van der Waals surface area contributed by atoms with Crippen LogP contribution in [0.25, 0.3) is 0 Å². The van der Waals surface area contributed by atoms with Crippen LogP contribution in [0.5, 0.6) is 11.5 Å². The van der Waals surface area contributed by atoms with Crippen molar-refractivity contribution < 1.29 is 14.3 Å². The van der Waals surface area contributed by atoms with Crippen molar-refractivity contribution in [2.45, 2.75) is 33.1 Å². The molecule has 0 saturated carbocycles. The van der Waals surface area contributed by atoms with E-state index in [2.05, 4.69) is 4.99 Å². The Morgan fingerprint density at radius 1 is 1.31 bits per heavy atom. The number of fused-ring (bicyclic) bond motifs is 1. The number of aliphatic imine (C=N–C) groups is 1. The standard InChI is InChI=1S/C12H13NO3/c1-8-4-10-11(16-12(2,3)15-10)5-9(8)6-13-7-14/h4-5H,6H2,1-3H3. The molecule has 0 fully saturated rings. The normalized spacial score (nSPS) is 15.7. The van der Waals surface area contributed by atoms with E-state index in [0.29, 0.717) is 12.3 Å². The molecule has 1 aromatic rings. The van der Waals surface area contributed by atoms with Gasteiger partial charge >= 0.3 is 0 Å². The van der Waals surface area contributed by atoms with E-state index in [1.807, 2.05) is 32.9 Å². The predicted octanol–water partition coefficient (Wildman–Crippen LogP) is 2.34. The Labute approximate surface area is 93.9 Å². The Kier molecular flexibility index (Phi) is 2.44. The van der Waals surface area contributed by atoms with Crippen LogP contribution in [0.2, 0.25) is 0 Å². The van der Waals surface area contributed by atoms with Crippen molar-refractivity contribution in [1.29, 1.82) is 0 Å². The van der Waals surface area contributed by atoms with E-state index >= 15 is 0 Å². The second-order valence-corrected chi connectivity index (χ2v) is 4.24. The van der Waals surface area contributed by atoms with Crippen molar-refractivity contribution in [3.63, 3.8) is 0 Å². The summed E-state index contributed by atoms with van der Waals surface area (Å²) >= 11 is 0. The highest BCUT2D eigenvalue weighted by Gasteiger charge is 2.32. The van der Waals surface area contributed by atoms with Crippen LogP contribution in [-0.4, -0.2) is 11.9 Å². The smallest absolute Gasteiger partial charge is 0.246 e. The molecule has 1 aromatic carbocycles. The summed E-state index contributed by atoms with van der Waals surface area (Å²) in [5, 5.41) is 0. The van der Waals surface area contributed by atoms with Gasteiger partial charge in [-0.15, -0.1) is 0 Å². The predicted molar refractivity (Wildman–Crippen MR) is 58.3 cm³/mol. The molecular weight excluding hydrogens is 206 g/mol. The van der Waals surface area contributed by atoms with E-state index in [9.17, 15) is 4.79 Å². The maximum absolute atomic E-state index is 10.1. The fraction of sp³-hybridized carbons (Fsp3) is 0.417. The van der Waals surface area contributed by atoms with Gasteiger partial charge in [-0.2, -0.15) is 0 Å². The number of carbonyl (C=O) groups excluding carboxylic acids is 1. The molecule has 4 heteroatoms. The molecule has 84 valence electrons. The molecule has 4 nitrogen and oxygen atoms in total. The fourth-order valence-electron chi connectivity index (χ4n) is 1.70. The van der Waals surface area contributed by atoms with Crippen LogP contribution in [0.15, 0.2) is 17.1 Å². The van der Waals surface area contributed by atoms with Crippen molar-refractivity contribution in [2.75, 3.05) is 0 Å². The van der Waals surface area contributed by atoms with Crippen LogP contribution in [0.1, 0.15) is 25.0 Å². The number of benzene rings is 1. The second-order valence-electron chi connectivity index (χ2n) is 4.24. The van der Waals surface area contributed by atoms with Crippen LogP contribution < -0.4 is 9.47 Å². The summed E-state index contributed by atoms with van der Waals surface area (Å²) in [4.78, 5) is 13.6. The van der Waals surface area contributed by atoms with Gasteiger partial charge in [0.25, 0.3) is 0 Å². The zero-order valence-electron chi connectivity index (χ0n) is 9.53. The number of isocyanates is 1. The monoisotopic (exact) mass is 219 g/mol. The van der Waals surface area contributed by atoms with Crippen LogP contribution >= 0.6 is 0 Å². The third-order valence-electron chi connectivity index (χ3n) is 2.43. The molecule has 0 amide bonds. The molecule has 1 aliphatic heterocycles. The largest absolute Gasteiger partial charge is 0.449 e. The van der Waals surface area contributed by atoms with Gasteiger partial charge in [0, 0.05) is 13.8 Å². The maximum atomic E-state index is 10.1. The highest BCUT2D eigenvalue weighted by Crippen LogP contribution is 2.40. The Morgan fingerprint density at radius 2 is 1.94 bits per heavy atom. The minimum Gasteiger partial charge on any atom is -0.449 e. The first-order valence-corrected chi connectivity index (χ1v) is 5.07. The summed E-state index contributed by atoms with van der Waals surface area (Å²) in [6.07, 6.45) is 1.53. The molecule has 0 spiro atoms. The SMILES string of the molecule is Cc1cc2c(cc1CN=C=O)OC(C)(C)O2. The Balaban J connectivity index is 2.36. The van der Waals surface area contributed by atoms with Crippen LogP contribution in [0.4, 0.5) is 0 Å². The van der Waals surface area contributed by atoms with Gasteiger partial charge in [-0.25, -0.2) is 9.79 Å². The molecule has 0 bridgehead atoms. The lowest BCUT2D eigenvalue weighted by Crippen LogP contribution is -2.29. The Hall–Kier alpha value is -1.80. The van der Waals surface area contributed by atoms with Crippen LogP contribution in [-0.2, 0) is 11.3 Å². The molecule has 0 atom stereocenters. The van der Waals surface area contributed by atoms with Crippen molar-refractivity contribution in [3.8, 4) is 11.5 Å². The van der Waals surface area contributed by atoms with E-state index < -0.39 is 5.79 Å². The van der Waals surface area contributed by atoms with Gasteiger partial charge in [0.15, 0.2) is 11.5 Å². The van der Waals surface area contributed by atoms with E-state index in [4.69, 9.17) is 9.47 Å². The first-order chi connectivity index (χ1) is 7.52. The summed E-state index contributed by atoms with van der Waals surface area (Å²) < 4.78 is 11.2. The topological polar surface area (TPSA) is 47.9 Å². The summed E-state index contributed by atoms with van der Waals surface area (Å²) in [5.74, 6) is 0.814. The van der Waals surface area contributed by atoms with Crippen molar-refractivity contribution in [3.05, 3.63) is 23.3 Å². The van der Waals surface area contributed by atoms with Crippen LogP contribution in [0.3, 0.4) is 0 Å². The summed E-state index contributed by atoms with van der Waals surface area (Å²) in [6.45, 7) is 5.98. The Bertz CT molecular complexity index is 473. The highest BCUT2D eigenvalue weighted by atomic mass is 16.7. The number of rotatable bonds is 2. The number of hydrogen-bond acceptors (Lipinski definition) is 4. The fourth-order valence-corrected chi connectivity index (χ4v) is 1.70. The molecule has 0 saturated heterocycles. The van der Waals surface area contributed by atoms with Gasteiger partial charge in [0.2, 0.25) is 11.9 Å². The van der Waals surface area contributed by atoms with E-state index in [-0.39, 0.29) is 0 Å². The number of hydrogen-bond donors (Lipinski definition) is 0. The lowest BCUT2D eigenvalue weighted by molar-refractivity contribution is -0.0431. The van der Waals surface area contributed by atoms with Crippen LogP contribution in [0, 0.1) is 6.92 Å². The summed E-state index contributed by atoms with van der Waals surface area (Å²) in [5.41, 5.74) is 1.97. The molecule has 0 aromatic heterocycles. The third-order valence-corrected chi connectivity index (χ3v) is 2.43. The van der Waals surface area contributed by atoms with Crippen molar-refractivity contribution >= 4 is 6.08 Å². The molecule has 2 rings (SSSR count). The summed E-state index contributed by atoms with van der Waals surface area (Å²) in [6, 6.07) is 3.76. The first-order valence-electron chi connectivity index (χ1n) is 5.07. The Morgan fingerprint density at radius 3 is 2.56 bits per heavy atom. The van der Waals surface area contributed by atoms with Crippen molar-refractivity contribution in [1.82, 2.24) is 0 Å². The number of aryl methyl sites for hydroxylation is 1. The van der Waals surface area contributed by atoms with Crippen molar-refractivity contribution in [2.24, 2.45) is 4.99 Å². The van der Waals surface area contributed by atoms with E-state index in [1.165, 1.54) is 6.08 Å². The lowest BCUT2D eigenvalue weighted by atomic mass is 10.1. The first kappa shape index (κ1) is 10.7. The minimum absolute atomic E-state index is 0.326. The molecule has 0 radical (unpaired) electrons. The average molecular weight is 219 g/mol. The van der Waals surface area contributed by atoms with Gasteiger partial charge in [0.1, 0.15) is 0 Å². The van der Waals surface area contributed by atoms with Gasteiger partial charge < -0.3 is 9.47 Å². The quantitative estimate of drug-likeness (QED) is 0.566. The molecule has 16 heavy (non-hydrogen) atoms. The molecular formula is C12H13NO3. The molecule has 0 N–H and O–H groups in total. The van der Waals surface area contributed by atoms with Gasteiger partial charge in [-0.1, -0.05) is 0 Å². The van der Waals surface area contributed by atoms with E-state index in [1.54, 1.807) is 0 Å². The number of nitrogens with zero attached hydrogens (tertiary/aromatic N) is 1.